The Labute approximate surface area is 104 Å². The number of carbonyl (C=O) groups excluding carboxylic acids is 1. The van der Waals surface area contributed by atoms with Crippen LogP contribution in [-0.2, 0) is 15.2 Å². The smallest absolute Gasteiger partial charge is 0.303 e. The molecule has 0 heterocycles. The van der Waals surface area contributed by atoms with Gasteiger partial charge < -0.3 is 4.79 Å². The maximum Gasteiger partial charge on any atom is 0.394 e. The lowest BCUT2D eigenvalue weighted by molar-refractivity contribution is -0.107. The molecule has 0 aliphatic carbocycles. The average molecular weight is 268 g/mol. The third kappa shape index (κ3) is 39.1. The molecule has 0 aromatic carbocycles. The Balaban J connectivity index is 0. The highest BCUT2D eigenvalue weighted by Gasteiger charge is 1.90. The normalized spacial score (nSPS) is 10.5. The third-order valence-corrected chi connectivity index (χ3v) is 2.18. The van der Waals surface area contributed by atoms with Gasteiger partial charge in [-0.05, 0) is 6.42 Å². The van der Waals surface area contributed by atoms with Crippen molar-refractivity contribution in [3.05, 3.63) is 0 Å². The van der Waals surface area contributed by atoms with Gasteiger partial charge in [-0.1, -0.05) is 51.9 Å². The van der Waals surface area contributed by atoms with Crippen molar-refractivity contribution in [2.75, 3.05) is 0 Å². The molecule has 104 valence electrons. The lowest BCUT2D eigenvalue weighted by Crippen LogP contribution is -1.89. The fraction of sp³-hybridized carbons (Fsp3) is 0.909. The second-order valence-electron chi connectivity index (χ2n) is 3.88. The van der Waals surface area contributed by atoms with Gasteiger partial charge in [-0.15, -0.1) is 0 Å². The van der Waals surface area contributed by atoms with Crippen molar-refractivity contribution in [3.8, 4) is 0 Å². The van der Waals surface area contributed by atoms with E-state index in [1.165, 1.54) is 44.9 Å². The number of hydrogen-bond acceptors (Lipinski definition) is 3. The van der Waals surface area contributed by atoms with Gasteiger partial charge in [-0.2, -0.15) is 8.42 Å². The first kappa shape index (κ1) is 18.9. The molecule has 0 bridgehead atoms. The molecule has 0 aliphatic rings. The van der Waals surface area contributed by atoms with Crippen LogP contribution in [-0.4, -0.2) is 23.8 Å². The van der Waals surface area contributed by atoms with E-state index >= 15 is 0 Å². The van der Waals surface area contributed by atoms with Crippen molar-refractivity contribution >= 4 is 16.7 Å². The zero-order chi connectivity index (χ0) is 13.6. The summed E-state index contributed by atoms with van der Waals surface area (Å²) in [5.41, 5.74) is 0. The Morgan fingerprint density at radius 1 is 0.882 bits per heavy atom. The Morgan fingerprint density at radius 2 is 1.24 bits per heavy atom. The Morgan fingerprint density at radius 3 is 1.59 bits per heavy atom. The van der Waals surface area contributed by atoms with Crippen molar-refractivity contribution in [2.45, 2.75) is 64.7 Å². The van der Waals surface area contributed by atoms with Crippen LogP contribution in [0, 0.1) is 0 Å². The first-order chi connectivity index (χ1) is 7.91. The monoisotopic (exact) mass is 268 g/mol. The lowest BCUT2D eigenvalue weighted by Gasteiger charge is -1.98. The van der Waals surface area contributed by atoms with Gasteiger partial charge >= 0.3 is 10.4 Å². The summed E-state index contributed by atoms with van der Waals surface area (Å²) in [6, 6.07) is 0. The van der Waals surface area contributed by atoms with E-state index < -0.39 is 10.4 Å². The molecule has 0 rings (SSSR count). The van der Waals surface area contributed by atoms with E-state index in [0.29, 0.717) is 0 Å². The van der Waals surface area contributed by atoms with Crippen LogP contribution in [0.3, 0.4) is 0 Å². The van der Waals surface area contributed by atoms with Crippen molar-refractivity contribution in [1.29, 1.82) is 0 Å². The highest BCUT2D eigenvalue weighted by Crippen LogP contribution is 2.08. The van der Waals surface area contributed by atoms with E-state index in [4.69, 9.17) is 17.5 Å². The third-order valence-electron chi connectivity index (χ3n) is 2.18. The minimum absolute atomic E-state index is 0.759. The molecular weight excluding hydrogens is 244 g/mol. The molecule has 6 heteroatoms. The molecular formula is C11H24O5S. The van der Waals surface area contributed by atoms with Crippen molar-refractivity contribution < 1.29 is 22.3 Å². The zero-order valence-electron chi connectivity index (χ0n) is 10.5. The standard InChI is InChI=1S/C11H22O.H2O4S/c1-2-3-4-5-6-7-8-9-10-11-12;1-5(2,3)4/h11H,2-10H2,1H3;(H2,1,2,3,4). The SMILES string of the molecule is CCCCCCCCCCC=O.O=S(=O)(O)O. The summed E-state index contributed by atoms with van der Waals surface area (Å²) >= 11 is 0. The fourth-order valence-electron chi connectivity index (χ4n) is 1.36. The molecule has 5 nitrogen and oxygen atoms in total. The van der Waals surface area contributed by atoms with Crippen LogP contribution in [0.1, 0.15) is 64.7 Å². The molecule has 0 aromatic heterocycles. The highest BCUT2D eigenvalue weighted by atomic mass is 32.3. The minimum Gasteiger partial charge on any atom is -0.303 e. The molecule has 0 atom stereocenters. The summed E-state index contributed by atoms with van der Waals surface area (Å²) in [6.45, 7) is 2.24. The van der Waals surface area contributed by atoms with Crippen molar-refractivity contribution in [3.63, 3.8) is 0 Å². The number of aldehydes is 1. The van der Waals surface area contributed by atoms with Gasteiger partial charge in [0.2, 0.25) is 0 Å². The highest BCUT2D eigenvalue weighted by molar-refractivity contribution is 7.79. The maximum atomic E-state index is 9.98. The van der Waals surface area contributed by atoms with Crippen LogP contribution in [0.25, 0.3) is 0 Å². The van der Waals surface area contributed by atoms with Crippen molar-refractivity contribution in [2.24, 2.45) is 0 Å². The molecule has 0 fully saturated rings. The van der Waals surface area contributed by atoms with E-state index in [0.717, 1.165) is 19.1 Å². The van der Waals surface area contributed by atoms with Gasteiger partial charge in [0.15, 0.2) is 0 Å². The topological polar surface area (TPSA) is 91.7 Å². The average Bonchev–Trinajstić information content (AvgIpc) is 2.20. The van der Waals surface area contributed by atoms with Gasteiger partial charge in [0.25, 0.3) is 0 Å². The Kier molecular flexibility index (Phi) is 15.1. The Bertz CT molecular complexity index is 241. The molecule has 0 amide bonds. The summed E-state index contributed by atoms with van der Waals surface area (Å²) in [5.74, 6) is 0. The van der Waals surface area contributed by atoms with Gasteiger partial charge in [0.05, 0.1) is 0 Å². The molecule has 0 aliphatic heterocycles. The largest absolute Gasteiger partial charge is 0.394 e. The first-order valence-corrected chi connectivity index (χ1v) is 7.45. The zero-order valence-corrected chi connectivity index (χ0v) is 11.3. The molecule has 2 N–H and O–H groups in total. The van der Waals surface area contributed by atoms with Crippen LogP contribution >= 0.6 is 0 Å². The Hall–Kier alpha value is -0.460. The number of unbranched alkanes of at least 4 members (excludes halogenated alkanes) is 8. The van der Waals surface area contributed by atoms with Gasteiger partial charge in [0.1, 0.15) is 6.29 Å². The molecule has 0 radical (unpaired) electrons. The van der Waals surface area contributed by atoms with Gasteiger partial charge in [0, 0.05) is 6.42 Å². The molecule has 0 saturated heterocycles. The van der Waals surface area contributed by atoms with Crippen LogP contribution in [0.5, 0.6) is 0 Å². The van der Waals surface area contributed by atoms with E-state index in [1.54, 1.807) is 0 Å². The fourth-order valence-corrected chi connectivity index (χ4v) is 1.36. The molecule has 0 saturated carbocycles. The summed E-state index contributed by atoms with van der Waals surface area (Å²) in [5, 5.41) is 0. The number of carbonyl (C=O) groups is 1. The molecule has 0 aromatic rings. The van der Waals surface area contributed by atoms with Gasteiger partial charge in [-0.25, -0.2) is 0 Å². The number of rotatable bonds is 9. The van der Waals surface area contributed by atoms with Crippen LogP contribution in [0.15, 0.2) is 0 Å². The predicted molar refractivity (Wildman–Crippen MR) is 67.5 cm³/mol. The minimum atomic E-state index is -4.67. The van der Waals surface area contributed by atoms with Crippen molar-refractivity contribution in [1.82, 2.24) is 0 Å². The summed E-state index contributed by atoms with van der Waals surface area (Å²) < 4.78 is 31.6. The van der Waals surface area contributed by atoms with Gasteiger partial charge in [-0.3, -0.25) is 9.11 Å². The second-order valence-corrected chi connectivity index (χ2v) is 4.77. The summed E-state index contributed by atoms with van der Waals surface area (Å²) in [7, 11) is -4.67. The van der Waals surface area contributed by atoms with Crippen LogP contribution in [0.2, 0.25) is 0 Å². The summed E-state index contributed by atoms with van der Waals surface area (Å²) in [4.78, 5) is 9.98. The van der Waals surface area contributed by atoms with E-state index in [9.17, 15) is 4.79 Å². The first-order valence-electron chi connectivity index (χ1n) is 6.05. The summed E-state index contributed by atoms with van der Waals surface area (Å²) in [6.07, 6.45) is 12.3. The van der Waals surface area contributed by atoms with E-state index in [-0.39, 0.29) is 0 Å². The van der Waals surface area contributed by atoms with E-state index in [2.05, 4.69) is 6.92 Å². The molecule has 0 spiro atoms. The quantitative estimate of drug-likeness (QED) is 0.381. The second kappa shape index (κ2) is 13.6. The maximum absolute atomic E-state index is 9.98. The van der Waals surface area contributed by atoms with E-state index in [1.807, 2.05) is 0 Å². The predicted octanol–water partition coefficient (Wildman–Crippen LogP) is 3.06. The lowest BCUT2D eigenvalue weighted by atomic mass is 10.1. The molecule has 17 heavy (non-hydrogen) atoms. The number of hydrogen-bond donors (Lipinski definition) is 2. The van der Waals surface area contributed by atoms with Crippen LogP contribution in [0.4, 0.5) is 0 Å². The van der Waals surface area contributed by atoms with Crippen LogP contribution < -0.4 is 0 Å². The molecule has 0 unspecified atom stereocenters.